The predicted molar refractivity (Wildman–Crippen MR) is 138 cm³/mol. The molecule has 172 valence electrons. The molecular weight excluding hydrogens is 418 g/mol. The third kappa shape index (κ3) is 4.30. The molecule has 0 radical (unpaired) electrons. The summed E-state index contributed by atoms with van der Waals surface area (Å²) in [5.74, 6) is 0. The summed E-state index contributed by atoms with van der Waals surface area (Å²) < 4.78 is 2.24. The summed E-state index contributed by atoms with van der Waals surface area (Å²) in [4.78, 5) is 9.92. The van der Waals surface area contributed by atoms with Crippen molar-refractivity contribution in [2.24, 2.45) is 0 Å². The van der Waals surface area contributed by atoms with Crippen LogP contribution >= 0.6 is 0 Å². The van der Waals surface area contributed by atoms with Crippen molar-refractivity contribution in [2.75, 3.05) is 26.2 Å². The number of fused-ring (bicyclic) bond motifs is 1. The Morgan fingerprint density at radius 3 is 2.50 bits per heavy atom. The summed E-state index contributed by atoms with van der Waals surface area (Å²) in [5, 5.41) is 9.66. The zero-order chi connectivity index (χ0) is 23.7. The average Bonchev–Trinajstić information content (AvgIpc) is 3.22. The Balaban J connectivity index is 1.58. The molecule has 0 atom stereocenters. The molecule has 0 spiro atoms. The van der Waals surface area contributed by atoms with Crippen LogP contribution in [0, 0.1) is 18.3 Å². The van der Waals surface area contributed by atoms with Crippen LogP contribution in [-0.2, 0) is 6.54 Å². The fourth-order valence-electron chi connectivity index (χ4n) is 4.90. The van der Waals surface area contributed by atoms with Gasteiger partial charge < -0.3 is 9.30 Å². The largest absolute Gasteiger partial charge is 0.373 e. The second-order valence-electron chi connectivity index (χ2n) is 9.36. The van der Waals surface area contributed by atoms with Crippen LogP contribution in [0.4, 0.5) is 0 Å². The van der Waals surface area contributed by atoms with Gasteiger partial charge in [0.15, 0.2) is 0 Å². The highest BCUT2D eigenvalue weighted by Crippen LogP contribution is 2.31. The minimum absolute atomic E-state index is 0.804. The number of pyridine rings is 1. The summed E-state index contributed by atoms with van der Waals surface area (Å²) in [6.07, 6.45) is 8.16. The number of nitrogens with zero attached hydrogens (tertiary/aromatic N) is 5. The summed E-state index contributed by atoms with van der Waals surface area (Å²) in [6, 6.07) is 15.2. The molecule has 1 fully saturated rings. The van der Waals surface area contributed by atoms with Gasteiger partial charge in [-0.15, -0.1) is 0 Å². The Kier molecular flexibility index (Phi) is 6.08. The lowest BCUT2D eigenvalue weighted by atomic mass is 9.94. The van der Waals surface area contributed by atoms with Crippen molar-refractivity contribution >= 4 is 11.2 Å². The number of piperazine rings is 1. The summed E-state index contributed by atoms with van der Waals surface area (Å²) in [5.41, 5.74) is 9.65. The van der Waals surface area contributed by atoms with Gasteiger partial charge in [0.05, 0.1) is 17.5 Å². The van der Waals surface area contributed by atoms with E-state index in [4.69, 9.17) is 4.98 Å². The highest BCUT2D eigenvalue weighted by Gasteiger charge is 2.22. The molecule has 0 N–H and O–H groups in total. The molecule has 5 rings (SSSR count). The topological polar surface area (TPSA) is 47.6 Å². The van der Waals surface area contributed by atoms with Gasteiger partial charge in [0.25, 0.3) is 0 Å². The maximum Gasteiger partial charge on any atom is 0.137 e. The lowest BCUT2D eigenvalue weighted by Crippen LogP contribution is -2.44. The Morgan fingerprint density at radius 1 is 1.06 bits per heavy atom. The van der Waals surface area contributed by atoms with Crippen LogP contribution in [-0.4, -0.2) is 45.4 Å². The molecule has 0 amide bonds. The number of aryl methyl sites for hydroxylation is 1. The Labute approximate surface area is 201 Å². The van der Waals surface area contributed by atoms with Gasteiger partial charge >= 0.3 is 0 Å². The standard InChI is InChI=1S/C29H31N5/c1-21(2)33-16-14-32(15-17-33)20-27-29(23-10-8-22(3)9-11-23)31-28-13-12-25(19-34(27)28)26-7-5-4-6-24(26)18-30/h5,7-13,19H,1,4,6,14-17,20H2,2-3H3. The van der Waals surface area contributed by atoms with Crippen LogP contribution in [0.1, 0.15) is 36.6 Å². The number of imidazole rings is 1. The quantitative estimate of drug-likeness (QED) is 0.510. The van der Waals surface area contributed by atoms with Gasteiger partial charge in [-0.3, -0.25) is 4.90 Å². The molecule has 1 aromatic carbocycles. The Bertz CT molecular complexity index is 1330. The number of benzene rings is 1. The SMILES string of the molecule is C=C(C)N1CCN(Cc2c(-c3ccc(C)cc3)nc3ccc(C4=C(C#N)CCC=C4)cn23)CC1. The van der Waals surface area contributed by atoms with E-state index >= 15 is 0 Å². The van der Waals surface area contributed by atoms with Crippen molar-refractivity contribution in [1.82, 2.24) is 19.2 Å². The first-order chi connectivity index (χ1) is 16.5. The number of hydrogen-bond acceptors (Lipinski definition) is 4. The van der Waals surface area contributed by atoms with E-state index in [2.05, 4.69) is 95.4 Å². The van der Waals surface area contributed by atoms with Gasteiger partial charge in [-0.1, -0.05) is 48.6 Å². The van der Waals surface area contributed by atoms with Crippen molar-refractivity contribution in [3.05, 3.63) is 89.4 Å². The minimum atomic E-state index is 0.804. The second-order valence-corrected chi connectivity index (χ2v) is 9.36. The highest BCUT2D eigenvalue weighted by atomic mass is 15.3. The first kappa shape index (κ1) is 22.2. The first-order valence-corrected chi connectivity index (χ1v) is 12.0. The molecule has 1 saturated heterocycles. The molecule has 2 aliphatic rings. The number of aromatic nitrogens is 2. The number of nitriles is 1. The second kappa shape index (κ2) is 9.32. The third-order valence-corrected chi connectivity index (χ3v) is 6.94. The molecule has 34 heavy (non-hydrogen) atoms. The molecule has 5 heteroatoms. The third-order valence-electron chi connectivity index (χ3n) is 6.94. The summed E-state index contributed by atoms with van der Waals surface area (Å²) >= 11 is 0. The zero-order valence-corrected chi connectivity index (χ0v) is 20.1. The van der Waals surface area contributed by atoms with Crippen LogP contribution < -0.4 is 0 Å². The van der Waals surface area contributed by atoms with E-state index in [1.165, 1.54) is 11.3 Å². The lowest BCUT2D eigenvalue weighted by molar-refractivity contribution is 0.152. The van der Waals surface area contributed by atoms with E-state index in [1.807, 2.05) is 0 Å². The monoisotopic (exact) mass is 449 g/mol. The predicted octanol–water partition coefficient (Wildman–Crippen LogP) is 5.59. The maximum atomic E-state index is 9.66. The van der Waals surface area contributed by atoms with Crippen molar-refractivity contribution < 1.29 is 0 Å². The van der Waals surface area contributed by atoms with Crippen molar-refractivity contribution in [1.29, 1.82) is 5.26 Å². The van der Waals surface area contributed by atoms with Gasteiger partial charge in [0.1, 0.15) is 5.65 Å². The van der Waals surface area contributed by atoms with E-state index in [9.17, 15) is 5.26 Å². The van der Waals surface area contributed by atoms with Crippen molar-refractivity contribution in [3.8, 4) is 17.3 Å². The number of hydrogen-bond donors (Lipinski definition) is 0. The van der Waals surface area contributed by atoms with E-state index in [-0.39, 0.29) is 0 Å². The number of allylic oxidation sites excluding steroid dienone is 5. The van der Waals surface area contributed by atoms with E-state index in [1.54, 1.807) is 0 Å². The average molecular weight is 450 g/mol. The molecular formula is C29H31N5. The van der Waals surface area contributed by atoms with Crippen LogP contribution in [0.25, 0.3) is 22.5 Å². The molecule has 0 saturated carbocycles. The number of rotatable bonds is 5. The fraction of sp³-hybridized carbons (Fsp3) is 0.310. The van der Waals surface area contributed by atoms with E-state index in [0.717, 1.165) is 84.9 Å². The Morgan fingerprint density at radius 2 is 1.79 bits per heavy atom. The van der Waals surface area contributed by atoms with Gasteiger partial charge in [-0.2, -0.15) is 5.26 Å². The van der Waals surface area contributed by atoms with Crippen molar-refractivity contribution in [3.63, 3.8) is 0 Å². The highest BCUT2D eigenvalue weighted by molar-refractivity contribution is 5.80. The lowest BCUT2D eigenvalue weighted by Gasteiger charge is -2.36. The fourth-order valence-corrected chi connectivity index (χ4v) is 4.90. The molecule has 0 unspecified atom stereocenters. The zero-order valence-electron chi connectivity index (χ0n) is 20.1. The molecule has 1 aliphatic carbocycles. The van der Waals surface area contributed by atoms with Gasteiger partial charge in [-0.25, -0.2) is 4.98 Å². The maximum absolute atomic E-state index is 9.66. The molecule has 1 aliphatic heterocycles. The normalized spacial score (nSPS) is 16.8. The van der Waals surface area contributed by atoms with E-state index < -0.39 is 0 Å². The van der Waals surface area contributed by atoms with Crippen LogP contribution in [0.5, 0.6) is 0 Å². The summed E-state index contributed by atoms with van der Waals surface area (Å²) in [7, 11) is 0. The smallest absolute Gasteiger partial charge is 0.137 e. The van der Waals surface area contributed by atoms with Gasteiger partial charge in [0, 0.05) is 55.8 Å². The minimum Gasteiger partial charge on any atom is -0.373 e. The van der Waals surface area contributed by atoms with Gasteiger partial charge in [-0.05, 0) is 50.0 Å². The first-order valence-electron chi connectivity index (χ1n) is 12.0. The van der Waals surface area contributed by atoms with Crippen molar-refractivity contribution in [2.45, 2.75) is 33.2 Å². The molecule has 5 nitrogen and oxygen atoms in total. The molecule has 3 heterocycles. The van der Waals surface area contributed by atoms with Crippen LogP contribution in [0.3, 0.4) is 0 Å². The van der Waals surface area contributed by atoms with Crippen LogP contribution in [0.15, 0.2) is 72.6 Å². The molecule has 3 aromatic rings. The van der Waals surface area contributed by atoms with Crippen LogP contribution in [0.2, 0.25) is 0 Å². The van der Waals surface area contributed by atoms with Gasteiger partial charge in [0.2, 0.25) is 0 Å². The molecule has 2 aromatic heterocycles. The Hall–Kier alpha value is -3.62. The summed E-state index contributed by atoms with van der Waals surface area (Å²) in [6.45, 7) is 13.1. The molecule has 0 bridgehead atoms. The van der Waals surface area contributed by atoms with E-state index in [0.29, 0.717) is 0 Å².